The molecule has 2 aromatic heterocycles. The average molecular weight is 530 g/mol. The molecule has 9 heteroatoms. The Morgan fingerprint density at radius 2 is 1.73 bits per heavy atom. The Labute approximate surface area is 230 Å². The van der Waals surface area contributed by atoms with Crippen molar-refractivity contribution in [1.29, 1.82) is 0 Å². The van der Waals surface area contributed by atoms with Crippen molar-refractivity contribution >= 4 is 34.6 Å². The highest BCUT2D eigenvalue weighted by atomic mass is 19.1. The second-order valence-electron chi connectivity index (χ2n) is 9.49. The first-order valence-electron chi connectivity index (χ1n) is 12.8. The molecule has 196 valence electrons. The van der Waals surface area contributed by atoms with Crippen molar-refractivity contribution in [3.63, 3.8) is 0 Å². The van der Waals surface area contributed by atoms with Crippen molar-refractivity contribution in [2.24, 2.45) is 9.98 Å². The Hall–Kier alpha value is -5.31. The lowest BCUT2D eigenvalue weighted by Crippen LogP contribution is -2.46. The number of para-hydroxylation sites is 2. The van der Waals surface area contributed by atoms with Crippen LogP contribution < -0.4 is 15.0 Å². The fraction of sp³-hybridized carbons (Fsp3) is 0.0968. The van der Waals surface area contributed by atoms with Gasteiger partial charge in [0.2, 0.25) is 0 Å². The monoisotopic (exact) mass is 529 g/mol. The van der Waals surface area contributed by atoms with Crippen LogP contribution in [-0.2, 0) is 0 Å². The van der Waals surface area contributed by atoms with E-state index < -0.39 is 0 Å². The van der Waals surface area contributed by atoms with E-state index in [9.17, 15) is 4.39 Å². The van der Waals surface area contributed by atoms with E-state index in [2.05, 4.69) is 15.2 Å². The zero-order chi connectivity index (χ0) is 27.2. The maximum Gasteiger partial charge on any atom is 0.179 e. The molecule has 7 rings (SSSR count). The van der Waals surface area contributed by atoms with Gasteiger partial charge in [-0.1, -0.05) is 36.4 Å². The second-order valence-corrected chi connectivity index (χ2v) is 9.49. The number of halogens is 1. The van der Waals surface area contributed by atoms with E-state index in [1.807, 2.05) is 85.8 Å². The van der Waals surface area contributed by atoms with E-state index in [0.717, 1.165) is 39.6 Å². The van der Waals surface area contributed by atoms with E-state index in [0.29, 0.717) is 23.3 Å². The molecule has 5 aromatic rings. The number of hydrogen-bond acceptors (Lipinski definition) is 7. The minimum Gasteiger partial charge on any atom is -0.497 e. The summed E-state index contributed by atoms with van der Waals surface area (Å²) in [5, 5.41) is 8.34. The molecule has 40 heavy (non-hydrogen) atoms. The predicted molar refractivity (Wildman–Crippen MR) is 154 cm³/mol. The lowest BCUT2D eigenvalue weighted by atomic mass is 9.93. The average Bonchev–Trinajstić information content (AvgIpc) is 3.33. The Morgan fingerprint density at radius 1 is 0.900 bits per heavy atom. The SMILES string of the molecule is COc1cccc(NC2=Nc3ccccc3N3C2=Nc2c(c(C)nn2-c2ccccn2)[C@@H]3c2ccc(F)cc2)c1. The normalized spacial score (nSPS) is 15.4. The van der Waals surface area contributed by atoms with E-state index in [-0.39, 0.29) is 11.9 Å². The van der Waals surface area contributed by atoms with Crippen molar-refractivity contribution < 1.29 is 9.13 Å². The summed E-state index contributed by atoms with van der Waals surface area (Å²) in [5.74, 6) is 2.90. The number of nitrogens with one attached hydrogen (secondary N) is 1. The van der Waals surface area contributed by atoms with Crippen LogP contribution in [-0.4, -0.2) is 33.5 Å². The molecule has 3 aromatic carbocycles. The van der Waals surface area contributed by atoms with Crippen molar-refractivity contribution in [1.82, 2.24) is 14.8 Å². The summed E-state index contributed by atoms with van der Waals surface area (Å²) in [7, 11) is 1.64. The van der Waals surface area contributed by atoms with Crippen molar-refractivity contribution in [3.8, 4) is 11.6 Å². The number of rotatable bonds is 4. The number of anilines is 2. The molecule has 0 aliphatic carbocycles. The van der Waals surface area contributed by atoms with Crippen LogP contribution in [0.4, 0.5) is 27.3 Å². The summed E-state index contributed by atoms with van der Waals surface area (Å²) in [4.78, 5) is 16.9. The van der Waals surface area contributed by atoms with Crippen LogP contribution >= 0.6 is 0 Å². The zero-order valence-corrected chi connectivity index (χ0v) is 21.8. The lowest BCUT2D eigenvalue weighted by molar-refractivity contribution is 0.415. The largest absolute Gasteiger partial charge is 0.497 e. The zero-order valence-electron chi connectivity index (χ0n) is 21.8. The number of benzene rings is 3. The van der Waals surface area contributed by atoms with Crippen molar-refractivity contribution in [2.45, 2.75) is 13.0 Å². The van der Waals surface area contributed by atoms with E-state index >= 15 is 0 Å². The van der Waals surface area contributed by atoms with E-state index in [1.165, 1.54) is 12.1 Å². The summed E-state index contributed by atoms with van der Waals surface area (Å²) in [5.41, 5.74) is 5.10. The number of hydrogen-bond donors (Lipinski definition) is 1. The Morgan fingerprint density at radius 3 is 2.52 bits per heavy atom. The van der Waals surface area contributed by atoms with Gasteiger partial charge < -0.3 is 15.0 Å². The van der Waals surface area contributed by atoms with Crippen molar-refractivity contribution in [3.05, 3.63) is 120 Å². The molecule has 1 atom stereocenters. The minimum absolute atomic E-state index is 0.296. The number of aromatic nitrogens is 3. The third-order valence-corrected chi connectivity index (χ3v) is 7.02. The van der Waals surface area contributed by atoms with Crippen LogP contribution in [0.5, 0.6) is 5.75 Å². The fourth-order valence-corrected chi connectivity index (χ4v) is 5.23. The molecule has 2 aliphatic rings. The molecule has 0 unspecified atom stereocenters. The standard InChI is InChI=1S/C31H24FN7O/c1-19-27-28(20-13-15-21(32)16-14-20)38-25-11-4-3-10-24(25)35-29(34-22-8-7-9-23(18-22)40-2)31(38)36-30(27)39(37-19)26-12-5-6-17-33-26/h3-18,28H,1-2H3,(H,34,35)/t28-/m0/s1. The molecule has 0 radical (unpaired) electrons. The summed E-state index contributed by atoms with van der Waals surface area (Å²) >= 11 is 0. The quantitative estimate of drug-likeness (QED) is 0.287. The summed E-state index contributed by atoms with van der Waals surface area (Å²) < 4.78 is 21.3. The Bertz CT molecular complexity index is 1790. The lowest BCUT2D eigenvalue weighted by Gasteiger charge is -2.40. The summed E-state index contributed by atoms with van der Waals surface area (Å²) in [6.07, 6.45) is 1.73. The summed E-state index contributed by atoms with van der Waals surface area (Å²) in [6, 6.07) is 27.5. The van der Waals surface area contributed by atoms with Crippen LogP contribution in [0.15, 0.2) is 107 Å². The van der Waals surface area contributed by atoms with E-state index in [4.69, 9.17) is 19.8 Å². The highest BCUT2D eigenvalue weighted by molar-refractivity contribution is 6.51. The number of ether oxygens (including phenoxy) is 1. The maximum atomic E-state index is 14.1. The summed E-state index contributed by atoms with van der Waals surface area (Å²) in [6.45, 7) is 1.97. The number of aryl methyl sites for hydroxylation is 1. The van der Waals surface area contributed by atoms with Crippen LogP contribution in [0, 0.1) is 12.7 Å². The molecule has 4 heterocycles. The topological polar surface area (TPSA) is 79.9 Å². The Kier molecular flexibility index (Phi) is 5.62. The molecule has 0 fully saturated rings. The molecule has 8 nitrogen and oxygen atoms in total. The first-order valence-corrected chi connectivity index (χ1v) is 12.8. The number of nitrogens with zero attached hydrogens (tertiary/aromatic N) is 6. The molecule has 2 aliphatic heterocycles. The number of fused-ring (bicyclic) bond motifs is 4. The highest BCUT2D eigenvalue weighted by Gasteiger charge is 2.41. The van der Waals surface area contributed by atoms with E-state index in [1.54, 1.807) is 18.0 Å². The maximum absolute atomic E-state index is 14.1. The van der Waals surface area contributed by atoms with Gasteiger partial charge in [-0.25, -0.2) is 19.4 Å². The molecular weight excluding hydrogens is 505 g/mol. The van der Waals surface area contributed by atoms with Crippen LogP contribution in [0.3, 0.4) is 0 Å². The van der Waals surface area contributed by atoms with Gasteiger partial charge in [0.1, 0.15) is 11.6 Å². The fourth-order valence-electron chi connectivity index (χ4n) is 5.23. The van der Waals surface area contributed by atoms with Crippen molar-refractivity contribution in [2.75, 3.05) is 17.3 Å². The first kappa shape index (κ1) is 23.8. The molecule has 0 bridgehead atoms. The van der Waals surface area contributed by atoms with Gasteiger partial charge in [-0.3, -0.25) is 0 Å². The van der Waals surface area contributed by atoms with Crippen LogP contribution in [0.25, 0.3) is 5.82 Å². The van der Waals surface area contributed by atoms with Gasteiger partial charge in [-0.15, -0.1) is 0 Å². The number of amidine groups is 2. The van der Waals surface area contributed by atoms with Gasteiger partial charge in [0.05, 0.1) is 30.2 Å². The molecule has 0 amide bonds. The van der Waals surface area contributed by atoms with Gasteiger partial charge in [0, 0.05) is 23.5 Å². The second kappa shape index (κ2) is 9.46. The first-order chi connectivity index (χ1) is 19.6. The predicted octanol–water partition coefficient (Wildman–Crippen LogP) is 6.52. The third kappa shape index (κ3) is 3.90. The number of methoxy groups -OCH3 is 1. The number of aliphatic imine (C=N–C) groups is 2. The number of pyridine rings is 1. The van der Waals surface area contributed by atoms with Gasteiger partial charge in [-0.2, -0.15) is 9.78 Å². The molecule has 0 saturated heterocycles. The van der Waals surface area contributed by atoms with Crippen LogP contribution in [0.2, 0.25) is 0 Å². The van der Waals surface area contributed by atoms with Gasteiger partial charge >= 0.3 is 0 Å². The molecular formula is C31H24FN7O. The van der Waals surface area contributed by atoms with Gasteiger partial charge in [-0.05, 0) is 61.0 Å². The molecule has 0 saturated carbocycles. The van der Waals surface area contributed by atoms with Gasteiger partial charge in [0.15, 0.2) is 23.3 Å². The Balaban J connectivity index is 1.48. The molecule has 1 N–H and O–H groups in total. The third-order valence-electron chi connectivity index (χ3n) is 7.02. The van der Waals surface area contributed by atoms with Gasteiger partial charge in [0.25, 0.3) is 0 Å². The minimum atomic E-state index is -0.348. The smallest absolute Gasteiger partial charge is 0.179 e. The molecule has 0 spiro atoms. The highest BCUT2D eigenvalue weighted by Crippen LogP contribution is 2.48. The van der Waals surface area contributed by atoms with Crippen LogP contribution in [0.1, 0.15) is 22.9 Å².